The third-order valence-corrected chi connectivity index (χ3v) is 4.36. The summed E-state index contributed by atoms with van der Waals surface area (Å²) in [5.74, 6) is 1.75. The minimum Gasteiger partial charge on any atom is -0.351 e. The van der Waals surface area contributed by atoms with Crippen molar-refractivity contribution < 1.29 is 0 Å². The highest BCUT2D eigenvalue weighted by Crippen LogP contribution is 2.30. The SMILES string of the molecule is CCc1cc(N2CC3CC2CN3)ncc1C(C)C. The Morgan fingerprint density at radius 2 is 2.33 bits per heavy atom. The van der Waals surface area contributed by atoms with Crippen LogP contribution in [0.5, 0.6) is 0 Å². The lowest BCUT2D eigenvalue weighted by atomic mass is 9.98. The molecule has 2 bridgehead atoms. The molecule has 0 aromatic carbocycles. The topological polar surface area (TPSA) is 28.2 Å². The van der Waals surface area contributed by atoms with E-state index in [0.29, 0.717) is 18.0 Å². The van der Waals surface area contributed by atoms with Gasteiger partial charge >= 0.3 is 0 Å². The molecule has 3 rings (SSSR count). The Hall–Kier alpha value is -1.09. The van der Waals surface area contributed by atoms with Crippen molar-refractivity contribution in [2.24, 2.45) is 0 Å². The lowest BCUT2D eigenvalue weighted by Crippen LogP contribution is -2.44. The third-order valence-electron chi connectivity index (χ3n) is 4.36. The van der Waals surface area contributed by atoms with Crippen LogP contribution in [0, 0.1) is 0 Å². The van der Waals surface area contributed by atoms with Gasteiger partial charge in [-0.1, -0.05) is 20.8 Å². The highest BCUT2D eigenvalue weighted by atomic mass is 15.3. The van der Waals surface area contributed by atoms with Crippen molar-refractivity contribution in [3.8, 4) is 0 Å². The van der Waals surface area contributed by atoms with Gasteiger partial charge in [0, 0.05) is 31.4 Å². The van der Waals surface area contributed by atoms with Crippen molar-refractivity contribution in [2.75, 3.05) is 18.0 Å². The van der Waals surface area contributed by atoms with Crippen LogP contribution in [0.1, 0.15) is 44.2 Å². The number of hydrogen-bond donors (Lipinski definition) is 1. The third kappa shape index (κ3) is 1.91. The summed E-state index contributed by atoms with van der Waals surface area (Å²) in [7, 11) is 0. The minimum absolute atomic E-state index is 0.568. The molecule has 2 unspecified atom stereocenters. The van der Waals surface area contributed by atoms with Crippen molar-refractivity contribution in [2.45, 2.75) is 51.6 Å². The number of nitrogens with one attached hydrogen (secondary N) is 1. The molecular formula is C15H23N3. The molecule has 1 aromatic rings. The van der Waals surface area contributed by atoms with E-state index in [0.717, 1.165) is 19.5 Å². The van der Waals surface area contributed by atoms with E-state index in [1.54, 1.807) is 0 Å². The quantitative estimate of drug-likeness (QED) is 0.886. The zero-order valence-electron chi connectivity index (χ0n) is 11.6. The van der Waals surface area contributed by atoms with Crippen LogP contribution in [-0.4, -0.2) is 30.2 Å². The molecule has 2 fully saturated rings. The van der Waals surface area contributed by atoms with E-state index >= 15 is 0 Å². The number of pyridine rings is 1. The Bertz CT molecular complexity index is 441. The molecule has 2 saturated heterocycles. The first kappa shape index (κ1) is 12.0. The van der Waals surface area contributed by atoms with Gasteiger partial charge in [-0.15, -0.1) is 0 Å². The molecule has 3 nitrogen and oxygen atoms in total. The highest BCUT2D eigenvalue weighted by Gasteiger charge is 2.38. The molecule has 1 N–H and O–H groups in total. The van der Waals surface area contributed by atoms with Crippen LogP contribution < -0.4 is 10.2 Å². The molecule has 3 heterocycles. The maximum atomic E-state index is 4.71. The van der Waals surface area contributed by atoms with Crippen LogP contribution in [-0.2, 0) is 6.42 Å². The van der Waals surface area contributed by atoms with Gasteiger partial charge in [0.05, 0.1) is 0 Å². The number of anilines is 1. The standard InChI is InChI=1S/C15H23N3/c1-4-11-5-15(17-8-14(11)10(2)3)18-9-12-6-13(18)7-16-12/h5,8,10,12-13,16H,4,6-7,9H2,1-3H3. The zero-order chi connectivity index (χ0) is 12.7. The fourth-order valence-electron chi connectivity index (χ4n) is 3.32. The molecule has 0 amide bonds. The van der Waals surface area contributed by atoms with Gasteiger partial charge in [0.2, 0.25) is 0 Å². The monoisotopic (exact) mass is 245 g/mol. The number of hydrogen-bond acceptors (Lipinski definition) is 3. The first-order valence-electron chi connectivity index (χ1n) is 7.18. The Labute approximate surface area is 110 Å². The molecule has 1 aromatic heterocycles. The summed E-state index contributed by atoms with van der Waals surface area (Å²) in [6, 6.07) is 3.67. The molecule has 0 aliphatic carbocycles. The number of piperazine rings is 1. The van der Waals surface area contributed by atoms with Crippen molar-refractivity contribution >= 4 is 5.82 Å². The van der Waals surface area contributed by atoms with Crippen molar-refractivity contribution in [1.29, 1.82) is 0 Å². The maximum Gasteiger partial charge on any atom is 0.129 e. The predicted molar refractivity (Wildman–Crippen MR) is 75.2 cm³/mol. The van der Waals surface area contributed by atoms with Crippen LogP contribution in [0.2, 0.25) is 0 Å². The normalized spacial score (nSPS) is 26.3. The number of rotatable bonds is 3. The number of aryl methyl sites for hydroxylation is 1. The van der Waals surface area contributed by atoms with Gasteiger partial charge in [-0.05, 0) is 36.0 Å². The summed E-state index contributed by atoms with van der Waals surface area (Å²) in [6.07, 6.45) is 4.48. The van der Waals surface area contributed by atoms with Gasteiger partial charge in [0.15, 0.2) is 0 Å². The van der Waals surface area contributed by atoms with Crippen molar-refractivity contribution in [1.82, 2.24) is 10.3 Å². The summed E-state index contributed by atoms with van der Waals surface area (Å²) in [4.78, 5) is 7.20. The predicted octanol–water partition coefficient (Wildman–Crippen LogP) is 2.32. The van der Waals surface area contributed by atoms with E-state index in [9.17, 15) is 0 Å². The van der Waals surface area contributed by atoms with Gasteiger partial charge < -0.3 is 10.2 Å². The fourth-order valence-corrected chi connectivity index (χ4v) is 3.32. The largest absolute Gasteiger partial charge is 0.351 e. The first-order valence-corrected chi connectivity index (χ1v) is 7.18. The fraction of sp³-hybridized carbons (Fsp3) is 0.667. The molecule has 0 saturated carbocycles. The Kier molecular flexibility index (Phi) is 3.02. The summed E-state index contributed by atoms with van der Waals surface area (Å²) in [5, 5.41) is 3.54. The van der Waals surface area contributed by atoms with Gasteiger partial charge in [-0.25, -0.2) is 4.98 Å². The smallest absolute Gasteiger partial charge is 0.129 e. The van der Waals surface area contributed by atoms with Crippen molar-refractivity contribution in [3.05, 3.63) is 23.4 Å². The number of aromatic nitrogens is 1. The van der Waals surface area contributed by atoms with Crippen LogP contribution in [0.4, 0.5) is 5.82 Å². The summed E-state index contributed by atoms with van der Waals surface area (Å²) in [5.41, 5.74) is 2.87. The average molecular weight is 245 g/mol. The van der Waals surface area contributed by atoms with E-state index in [2.05, 4.69) is 43.3 Å². The molecule has 2 atom stereocenters. The van der Waals surface area contributed by atoms with Gasteiger partial charge in [-0.2, -0.15) is 0 Å². The Morgan fingerprint density at radius 3 is 2.89 bits per heavy atom. The zero-order valence-corrected chi connectivity index (χ0v) is 11.6. The molecule has 18 heavy (non-hydrogen) atoms. The van der Waals surface area contributed by atoms with Crippen LogP contribution in [0.25, 0.3) is 0 Å². The summed E-state index contributed by atoms with van der Waals surface area (Å²) in [6.45, 7) is 8.99. The van der Waals surface area contributed by atoms with Crippen molar-refractivity contribution in [3.63, 3.8) is 0 Å². The Morgan fingerprint density at radius 1 is 1.50 bits per heavy atom. The maximum absolute atomic E-state index is 4.71. The minimum atomic E-state index is 0.568. The number of fused-ring (bicyclic) bond motifs is 2. The Balaban J connectivity index is 1.89. The average Bonchev–Trinajstić information content (AvgIpc) is 3.00. The molecule has 2 aliphatic rings. The second kappa shape index (κ2) is 4.54. The second-order valence-electron chi connectivity index (χ2n) is 5.90. The first-order chi connectivity index (χ1) is 8.69. The summed E-state index contributed by atoms with van der Waals surface area (Å²) < 4.78 is 0. The molecule has 0 spiro atoms. The lowest BCUT2D eigenvalue weighted by molar-refractivity contribution is 0.576. The van der Waals surface area contributed by atoms with Crippen LogP contribution in [0.3, 0.4) is 0 Å². The summed E-state index contributed by atoms with van der Waals surface area (Å²) >= 11 is 0. The van der Waals surface area contributed by atoms with E-state index in [1.165, 1.54) is 23.4 Å². The molecule has 98 valence electrons. The van der Waals surface area contributed by atoms with Gasteiger partial charge in [-0.3, -0.25) is 0 Å². The van der Waals surface area contributed by atoms with Gasteiger partial charge in [0.25, 0.3) is 0 Å². The molecule has 2 aliphatic heterocycles. The molecule has 3 heteroatoms. The molecular weight excluding hydrogens is 222 g/mol. The van der Waals surface area contributed by atoms with Crippen LogP contribution in [0.15, 0.2) is 12.3 Å². The lowest BCUT2D eigenvalue weighted by Gasteiger charge is -2.29. The van der Waals surface area contributed by atoms with E-state index in [-0.39, 0.29) is 0 Å². The van der Waals surface area contributed by atoms with Gasteiger partial charge in [0.1, 0.15) is 5.82 Å². The van der Waals surface area contributed by atoms with E-state index < -0.39 is 0 Å². The van der Waals surface area contributed by atoms with E-state index in [4.69, 9.17) is 4.98 Å². The van der Waals surface area contributed by atoms with E-state index in [1.807, 2.05) is 0 Å². The molecule has 0 radical (unpaired) electrons. The van der Waals surface area contributed by atoms with Crippen LogP contribution >= 0.6 is 0 Å². The number of nitrogens with zero attached hydrogens (tertiary/aromatic N) is 2. The second-order valence-corrected chi connectivity index (χ2v) is 5.90. The highest BCUT2D eigenvalue weighted by molar-refractivity contribution is 5.48.